The number of fused-ring (bicyclic) bond motifs is 2. The van der Waals surface area contributed by atoms with Crippen LogP contribution < -0.4 is 16.0 Å². The molecule has 2 saturated carbocycles. The Bertz CT molecular complexity index is 1520. The van der Waals surface area contributed by atoms with Crippen molar-refractivity contribution < 1.29 is 28.7 Å². The molecule has 0 saturated heterocycles. The Morgan fingerprint density at radius 3 is 1.72 bits per heavy atom. The second-order valence-corrected chi connectivity index (χ2v) is 15.2. The van der Waals surface area contributed by atoms with E-state index in [-0.39, 0.29) is 17.9 Å². The molecule has 2 aromatic rings. The number of hydrogen-bond acceptors (Lipinski definition) is 6. The van der Waals surface area contributed by atoms with Gasteiger partial charge in [-0.3, -0.25) is 9.59 Å². The SMILES string of the molecule is CC(C)(C)OC(=O)NCc1ccc(NC(=O)C23CCC(C(=O)Nc4ccc(C5=CCN(C(=O)OC(C)(C)C)CC5)cc4)(CC2)C3)cc1. The van der Waals surface area contributed by atoms with Gasteiger partial charge in [0.25, 0.3) is 0 Å². The molecule has 0 aromatic heterocycles. The van der Waals surface area contributed by atoms with E-state index in [1.54, 1.807) is 4.90 Å². The molecule has 3 aliphatic rings. The Kier molecular flexibility index (Phi) is 9.44. The summed E-state index contributed by atoms with van der Waals surface area (Å²) in [5.74, 6) is -0.0659. The molecule has 5 rings (SSSR count). The normalized spacial score (nSPS) is 22.3. The highest BCUT2D eigenvalue weighted by atomic mass is 16.6. The first-order valence-corrected chi connectivity index (χ1v) is 16.5. The van der Waals surface area contributed by atoms with Crippen molar-refractivity contribution in [3.63, 3.8) is 0 Å². The molecular formula is C37H48N4O6. The summed E-state index contributed by atoms with van der Waals surface area (Å²) in [7, 11) is 0. The molecule has 10 heteroatoms. The maximum atomic E-state index is 13.6. The Hall–Kier alpha value is -4.34. The number of hydrogen-bond donors (Lipinski definition) is 3. The molecule has 2 bridgehead atoms. The van der Waals surface area contributed by atoms with E-state index in [0.29, 0.717) is 57.4 Å². The number of anilines is 2. The lowest BCUT2D eigenvalue weighted by Crippen LogP contribution is -2.39. The van der Waals surface area contributed by atoms with Gasteiger partial charge in [-0.2, -0.15) is 0 Å². The summed E-state index contributed by atoms with van der Waals surface area (Å²) in [6, 6.07) is 15.2. The molecule has 0 radical (unpaired) electrons. The van der Waals surface area contributed by atoms with Crippen molar-refractivity contribution in [2.75, 3.05) is 23.7 Å². The molecule has 0 spiro atoms. The number of carbonyl (C=O) groups is 4. The number of benzene rings is 2. The van der Waals surface area contributed by atoms with Crippen LogP contribution in [0.15, 0.2) is 54.6 Å². The van der Waals surface area contributed by atoms with Gasteiger partial charge in [0.05, 0.1) is 10.8 Å². The second kappa shape index (κ2) is 13.0. The highest BCUT2D eigenvalue weighted by molar-refractivity contribution is 6.00. The van der Waals surface area contributed by atoms with Crippen molar-refractivity contribution in [2.45, 2.75) is 97.8 Å². The van der Waals surface area contributed by atoms with Crippen molar-refractivity contribution in [2.24, 2.45) is 10.8 Å². The number of nitrogens with zero attached hydrogens (tertiary/aromatic N) is 1. The molecule has 3 N–H and O–H groups in total. The van der Waals surface area contributed by atoms with Crippen molar-refractivity contribution in [3.05, 3.63) is 65.7 Å². The summed E-state index contributed by atoms with van der Waals surface area (Å²) in [6.07, 6.45) is 5.26. The summed E-state index contributed by atoms with van der Waals surface area (Å²) in [6.45, 7) is 12.4. The quantitative estimate of drug-likeness (QED) is 0.291. The Morgan fingerprint density at radius 2 is 1.26 bits per heavy atom. The topological polar surface area (TPSA) is 126 Å². The Labute approximate surface area is 277 Å². The van der Waals surface area contributed by atoms with Crippen LogP contribution >= 0.6 is 0 Å². The van der Waals surface area contributed by atoms with Gasteiger partial charge >= 0.3 is 12.2 Å². The van der Waals surface area contributed by atoms with Crippen LogP contribution in [0.3, 0.4) is 0 Å². The van der Waals surface area contributed by atoms with Crippen molar-refractivity contribution in [1.29, 1.82) is 0 Å². The summed E-state index contributed by atoms with van der Waals surface area (Å²) >= 11 is 0. The lowest BCUT2D eigenvalue weighted by Gasteiger charge is -2.29. The Balaban J connectivity index is 1.12. The van der Waals surface area contributed by atoms with E-state index in [4.69, 9.17) is 9.47 Å². The van der Waals surface area contributed by atoms with Crippen LogP contribution in [0.4, 0.5) is 21.0 Å². The van der Waals surface area contributed by atoms with E-state index in [2.05, 4.69) is 22.0 Å². The van der Waals surface area contributed by atoms with Crippen molar-refractivity contribution in [3.8, 4) is 0 Å². The fourth-order valence-corrected chi connectivity index (χ4v) is 6.74. The van der Waals surface area contributed by atoms with Gasteiger partial charge in [-0.15, -0.1) is 0 Å². The number of amides is 4. The van der Waals surface area contributed by atoms with E-state index in [1.165, 1.54) is 0 Å². The summed E-state index contributed by atoms with van der Waals surface area (Å²) in [4.78, 5) is 53.1. The predicted octanol–water partition coefficient (Wildman–Crippen LogP) is 7.26. The minimum Gasteiger partial charge on any atom is -0.444 e. The monoisotopic (exact) mass is 644 g/mol. The second-order valence-electron chi connectivity index (χ2n) is 15.2. The zero-order valence-corrected chi connectivity index (χ0v) is 28.5. The molecule has 4 amide bonds. The van der Waals surface area contributed by atoms with Crippen LogP contribution in [0.25, 0.3) is 5.57 Å². The van der Waals surface area contributed by atoms with E-state index in [0.717, 1.165) is 28.8 Å². The molecule has 10 nitrogen and oxygen atoms in total. The van der Waals surface area contributed by atoms with Gasteiger partial charge in [0.2, 0.25) is 11.8 Å². The first-order valence-electron chi connectivity index (χ1n) is 16.5. The minimum absolute atomic E-state index is 0.0239. The molecule has 2 aromatic carbocycles. The third-order valence-corrected chi connectivity index (χ3v) is 9.23. The standard InChI is InChI=1S/C37H48N4O6/c1-34(2,3)46-32(44)38-23-25-7-11-28(12-8-25)39-30(42)36-17-19-37(24-36,20-18-36)31(43)40-29-13-9-26(10-14-29)27-15-21-41(22-16-27)33(45)47-35(4,5)6/h7-15H,16-24H2,1-6H3,(H,38,44)(H,39,42)(H,40,43). The lowest BCUT2D eigenvalue weighted by atomic mass is 9.81. The predicted molar refractivity (Wildman–Crippen MR) is 182 cm³/mol. The first kappa shape index (κ1) is 34.0. The maximum Gasteiger partial charge on any atom is 0.410 e. The van der Waals surface area contributed by atoms with E-state index in [1.807, 2.05) is 90.1 Å². The average molecular weight is 645 g/mol. The molecule has 2 fully saturated rings. The van der Waals surface area contributed by atoms with Gasteiger partial charge < -0.3 is 30.3 Å². The van der Waals surface area contributed by atoms with Crippen LogP contribution in [0, 0.1) is 10.8 Å². The van der Waals surface area contributed by atoms with Gasteiger partial charge in [0, 0.05) is 31.0 Å². The smallest absolute Gasteiger partial charge is 0.410 e. The molecule has 2 aliphatic carbocycles. The number of alkyl carbamates (subject to hydrolysis) is 1. The van der Waals surface area contributed by atoms with E-state index >= 15 is 0 Å². The number of carbonyl (C=O) groups excluding carboxylic acids is 4. The molecule has 0 atom stereocenters. The van der Waals surface area contributed by atoms with Gasteiger partial charge in [-0.25, -0.2) is 9.59 Å². The molecular weight excluding hydrogens is 596 g/mol. The summed E-state index contributed by atoms with van der Waals surface area (Å²) < 4.78 is 10.8. The lowest BCUT2D eigenvalue weighted by molar-refractivity contribution is -0.125. The van der Waals surface area contributed by atoms with Crippen molar-refractivity contribution >= 4 is 40.9 Å². The van der Waals surface area contributed by atoms with Crippen LogP contribution in [-0.2, 0) is 25.6 Å². The van der Waals surface area contributed by atoms with Crippen molar-refractivity contribution in [1.82, 2.24) is 10.2 Å². The van der Waals surface area contributed by atoms with E-state index in [9.17, 15) is 19.2 Å². The number of rotatable bonds is 7. The zero-order chi connectivity index (χ0) is 34.0. The average Bonchev–Trinajstić information content (AvgIpc) is 3.59. The third kappa shape index (κ3) is 8.34. The van der Waals surface area contributed by atoms with E-state index < -0.39 is 28.1 Å². The van der Waals surface area contributed by atoms with Crippen LogP contribution in [-0.4, -0.2) is 53.2 Å². The molecule has 0 unspecified atom stereocenters. The van der Waals surface area contributed by atoms with Gasteiger partial charge in [-0.05, 0) is 121 Å². The fraction of sp³-hybridized carbons (Fsp3) is 0.514. The van der Waals surface area contributed by atoms with Crippen LogP contribution in [0.2, 0.25) is 0 Å². The molecule has 1 aliphatic heterocycles. The maximum absolute atomic E-state index is 13.6. The minimum atomic E-state index is -0.564. The summed E-state index contributed by atoms with van der Waals surface area (Å²) in [5, 5.41) is 8.93. The molecule has 1 heterocycles. The van der Waals surface area contributed by atoms with Crippen LogP contribution in [0.5, 0.6) is 0 Å². The largest absolute Gasteiger partial charge is 0.444 e. The van der Waals surface area contributed by atoms with Gasteiger partial charge in [-0.1, -0.05) is 30.3 Å². The zero-order valence-electron chi connectivity index (χ0n) is 28.5. The van der Waals surface area contributed by atoms with Gasteiger partial charge in [0.15, 0.2) is 0 Å². The first-order chi connectivity index (χ1) is 22.0. The highest BCUT2D eigenvalue weighted by Crippen LogP contribution is 2.62. The van der Waals surface area contributed by atoms with Crippen LogP contribution in [0.1, 0.15) is 91.2 Å². The molecule has 252 valence electrons. The summed E-state index contributed by atoms with van der Waals surface area (Å²) in [5.41, 5.74) is 2.34. The highest BCUT2D eigenvalue weighted by Gasteiger charge is 2.61. The Morgan fingerprint density at radius 1 is 0.745 bits per heavy atom. The third-order valence-electron chi connectivity index (χ3n) is 9.23. The molecule has 47 heavy (non-hydrogen) atoms. The fourth-order valence-electron chi connectivity index (χ4n) is 6.74. The van der Waals surface area contributed by atoms with Gasteiger partial charge in [0.1, 0.15) is 11.2 Å². The number of ether oxygens (including phenoxy) is 2. The number of nitrogens with one attached hydrogen (secondary N) is 3.